The second kappa shape index (κ2) is 10.3. The maximum Gasteiger partial charge on any atom is 0.241 e. The van der Waals surface area contributed by atoms with E-state index in [4.69, 9.17) is 4.74 Å². The van der Waals surface area contributed by atoms with Gasteiger partial charge in [0.2, 0.25) is 15.9 Å². The molecule has 0 bridgehead atoms. The minimum Gasteiger partial charge on any atom is -0.379 e. The Morgan fingerprint density at radius 3 is 2.52 bits per heavy atom. The van der Waals surface area contributed by atoms with Gasteiger partial charge in [0, 0.05) is 26.2 Å². The summed E-state index contributed by atoms with van der Waals surface area (Å²) in [4.78, 5) is 14.9. The third kappa shape index (κ3) is 6.78. The van der Waals surface area contributed by atoms with E-state index in [0.717, 1.165) is 55.8 Å². The molecule has 1 aliphatic heterocycles. The Labute approximate surface area is 185 Å². The van der Waals surface area contributed by atoms with Crippen LogP contribution < -0.4 is 9.62 Å². The van der Waals surface area contributed by atoms with Crippen molar-refractivity contribution in [1.29, 1.82) is 0 Å². The number of hydrogen-bond acceptors (Lipinski definition) is 5. The predicted molar refractivity (Wildman–Crippen MR) is 122 cm³/mol. The van der Waals surface area contributed by atoms with Gasteiger partial charge in [-0.15, -0.1) is 0 Å². The lowest BCUT2D eigenvalue weighted by Gasteiger charge is -2.26. The largest absolute Gasteiger partial charge is 0.379 e. The first-order valence-corrected chi connectivity index (χ1v) is 12.3. The topological polar surface area (TPSA) is 79.0 Å². The first-order valence-electron chi connectivity index (χ1n) is 10.4. The van der Waals surface area contributed by atoms with E-state index >= 15 is 0 Å². The van der Waals surface area contributed by atoms with Crippen LogP contribution in [0.4, 0.5) is 5.69 Å². The lowest BCUT2D eigenvalue weighted by atomic mass is 10.1. The first-order chi connectivity index (χ1) is 14.7. The number of morpholine rings is 1. The molecule has 2 aromatic rings. The fourth-order valence-electron chi connectivity index (χ4n) is 3.61. The van der Waals surface area contributed by atoms with Gasteiger partial charge in [-0.3, -0.25) is 14.0 Å². The number of nitrogens with one attached hydrogen (secondary N) is 1. The number of carbonyl (C=O) groups excluding carboxylic acids is 1. The highest BCUT2D eigenvalue weighted by molar-refractivity contribution is 7.92. The molecule has 0 aliphatic carbocycles. The van der Waals surface area contributed by atoms with Crippen molar-refractivity contribution in [2.45, 2.75) is 26.9 Å². The highest BCUT2D eigenvalue weighted by Crippen LogP contribution is 2.23. The third-order valence-electron chi connectivity index (χ3n) is 5.31. The van der Waals surface area contributed by atoms with E-state index < -0.39 is 10.0 Å². The van der Waals surface area contributed by atoms with Gasteiger partial charge < -0.3 is 10.1 Å². The van der Waals surface area contributed by atoms with E-state index in [2.05, 4.69) is 22.3 Å². The van der Waals surface area contributed by atoms with Crippen molar-refractivity contribution >= 4 is 21.6 Å². The van der Waals surface area contributed by atoms with E-state index in [1.54, 1.807) is 6.07 Å². The Balaban J connectivity index is 1.63. The smallest absolute Gasteiger partial charge is 0.241 e. The van der Waals surface area contributed by atoms with Crippen molar-refractivity contribution in [1.82, 2.24) is 10.2 Å². The normalized spacial score (nSPS) is 14.9. The van der Waals surface area contributed by atoms with Gasteiger partial charge >= 0.3 is 0 Å². The fourth-order valence-corrected chi connectivity index (χ4v) is 4.52. The molecule has 0 aromatic heterocycles. The molecular formula is C23H31N3O4S. The summed E-state index contributed by atoms with van der Waals surface area (Å²) in [5, 5.41) is 2.86. The average Bonchev–Trinajstić information content (AvgIpc) is 2.73. The molecule has 0 spiro atoms. The Kier molecular flexibility index (Phi) is 7.69. The van der Waals surface area contributed by atoms with Crippen LogP contribution in [-0.4, -0.2) is 58.3 Å². The van der Waals surface area contributed by atoms with Gasteiger partial charge in [0.1, 0.15) is 6.54 Å². The van der Waals surface area contributed by atoms with Gasteiger partial charge in [-0.25, -0.2) is 8.42 Å². The summed E-state index contributed by atoms with van der Waals surface area (Å²) in [7, 11) is -3.60. The second-order valence-corrected chi connectivity index (χ2v) is 9.95. The standard InChI is InChI=1S/C23H31N3O4S/c1-18-7-8-19(2)22(13-18)26(31(3,28)29)17-23(27)24-15-20-5-4-6-21(14-20)16-25-9-11-30-12-10-25/h4-8,13-14H,9-12,15-17H2,1-3H3,(H,24,27). The summed E-state index contributed by atoms with van der Waals surface area (Å²) in [6.45, 7) is 8.02. The molecule has 1 fully saturated rings. The molecular weight excluding hydrogens is 414 g/mol. The number of nitrogens with zero attached hydrogens (tertiary/aromatic N) is 2. The van der Waals surface area contributed by atoms with Crippen LogP contribution in [0.5, 0.6) is 0 Å². The molecule has 168 valence electrons. The average molecular weight is 446 g/mol. The van der Waals surface area contributed by atoms with Gasteiger partial charge in [0.15, 0.2) is 0 Å². The minimum absolute atomic E-state index is 0.253. The molecule has 3 rings (SSSR count). The summed E-state index contributed by atoms with van der Waals surface area (Å²) in [6, 6.07) is 13.7. The van der Waals surface area contributed by atoms with E-state index in [1.165, 1.54) is 9.87 Å². The molecule has 1 heterocycles. The number of rotatable bonds is 8. The number of ether oxygens (including phenoxy) is 1. The van der Waals surface area contributed by atoms with Gasteiger partial charge in [0.25, 0.3) is 0 Å². The zero-order valence-corrected chi connectivity index (χ0v) is 19.2. The van der Waals surface area contributed by atoms with Crippen molar-refractivity contribution in [3.05, 3.63) is 64.7 Å². The van der Waals surface area contributed by atoms with Crippen LogP contribution in [0.2, 0.25) is 0 Å². The lowest BCUT2D eigenvalue weighted by molar-refractivity contribution is -0.119. The summed E-state index contributed by atoms with van der Waals surface area (Å²) >= 11 is 0. The Hall–Kier alpha value is -2.42. The third-order valence-corrected chi connectivity index (χ3v) is 6.44. The van der Waals surface area contributed by atoms with Crippen molar-refractivity contribution < 1.29 is 17.9 Å². The predicted octanol–water partition coefficient (Wildman–Crippen LogP) is 2.22. The number of sulfonamides is 1. The summed E-state index contributed by atoms with van der Waals surface area (Å²) < 4.78 is 31.3. The van der Waals surface area contributed by atoms with Gasteiger partial charge in [-0.1, -0.05) is 36.4 Å². The number of anilines is 1. The fraction of sp³-hybridized carbons (Fsp3) is 0.435. The second-order valence-electron chi connectivity index (χ2n) is 8.04. The van der Waals surface area contributed by atoms with Gasteiger partial charge in [0.05, 0.1) is 25.2 Å². The van der Waals surface area contributed by atoms with Crippen molar-refractivity contribution in [3.8, 4) is 0 Å². The maximum absolute atomic E-state index is 12.6. The molecule has 31 heavy (non-hydrogen) atoms. The van der Waals surface area contributed by atoms with Gasteiger partial charge in [-0.05, 0) is 42.2 Å². The van der Waals surface area contributed by atoms with Gasteiger partial charge in [-0.2, -0.15) is 0 Å². The number of amides is 1. The van der Waals surface area contributed by atoms with E-state index in [-0.39, 0.29) is 12.5 Å². The quantitative estimate of drug-likeness (QED) is 0.674. The maximum atomic E-state index is 12.6. The lowest BCUT2D eigenvalue weighted by Crippen LogP contribution is -2.40. The van der Waals surface area contributed by atoms with Crippen LogP contribution in [0.3, 0.4) is 0 Å². The molecule has 1 amide bonds. The number of benzene rings is 2. The first kappa shape index (κ1) is 23.2. The van der Waals surface area contributed by atoms with E-state index in [0.29, 0.717) is 12.2 Å². The van der Waals surface area contributed by atoms with Crippen LogP contribution >= 0.6 is 0 Å². The van der Waals surface area contributed by atoms with Crippen LogP contribution in [0.1, 0.15) is 22.3 Å². The zero-order valence-electron chi connectivity index (χ0n) is 18.4. The molecule has 0 radical (unpaired) electrons. The van der Waals surface area contributed by atoms with Crippen molar-refractivity contribution in [3.63, 3.8) is 0 Å². The number of carbonyl (C=O) groups is 1. The molecule has 1 aliphatic rings. The monoisotopic (exact) mass is 445 g/mol. The molecule has 0 unspecified atom stereocenters. The Morgan fingerprint density at radius 2 is 1.81 bits per heavy atom. The van der Waals surface area contributed by atoms with E-state index in [1.807, 2.05) is 38.1 Å². The van der Waals surface area contributed by atoms with Crippen LogP contribution in [-0.2, 0) is 32.6 Å². The molecule has 0 atom stereocenters. The van der Waals surface area contributed by atoms with Crippen molar-refractivity contribution in [2.24, 2.45) is 0 Å². The number of aryl methyl sites for hydroxylation is 2. The van der Waals surface area contributed by atoms with Crippen LogP contribution in [0.25, 0.3) is 0 Å². The Bertz CT molecular complexity index is 1020. The van der Waals surface area contributed by atoms with Crippen LogP contribution in [0.15, 0.2) is 42.5 Å². The molecule has 7 nitrogen and oxygen atoms in total. The Morgan fingerprint density at radius 1 is 1.10 bits per heavy atom. The highest BCUT2D eigenvalue weighted by Gasteiger charge is 2.22. The molecule has 1 N–H and O–H groups in total. The molecule has 0 saturated carbocycles. The highest BCUT2D eigenvalue weighted by atomic mass is 32.2. The molecule has 8 heteroatoms. The molecule has 2 aromatic carbocycles. The number of hydrogen-bond donors (Lipinski definition) is 1. The van der Waals surface area contributed by atoms with E-state index in [9.17, 15) is 13.2 Å². The van der Waals surface area contributed by atoms with Crippen LogP contribution in [0, 0.1) is 13.8 Å². The summed E-state index contributed by atoms with van der Waals surface area (Å²) in [6.07, 6.45) is 1.12. The zero-order chi connectivity index (χ0) is 22.4. The summed E-state index contributed by atoms with van der Waals surface area (Å²) in [5.41, 5.74) is 4.44. The SMILES string of the molecule is Cc1ccc(C)c(N(CC(=O)NCc2cccc(CN3CCOCC3)c2)S(C)(=O)=O)c1. The summed E-state index contributed by atoms with van der Waals surface area (Å²) in [5.74, 6) is -0.343. The minimum atomic E-state index is -3.60. The molecule has 1 saturated heterocycles. The van der Waals surface area contributed by atoms with Crippen molar-refractivity contribution in [2.75, 3.05) is 43.4 Å².